The van der Waals surface area contributed by atoms with E-state index in [1.54, 1.807) is 74.8 Å². The molecule has 8 rings (SSSR count). The number of nitrogens with one attached hydrogen (secondary N) is 14. The second-order valence-corrected chi connectivity index (χ2v) is 35.4. The van der Waals surface area contributed by atoms with E-state index in [0.29, 0.717) is 64.2 Å². The van der Waals surface area contributed by atoms with Crippen LogP contribution in [0.1, 0.15) is 141 Å². The summed E-state index contributed by atoms with van der Waals surface area (Å²) in [5, 5.41) is 70.3. The molecule has 44 nitrogen and oxygen atoms in total. The number of hydrogen-bond donors (Lipinski definition) is 21. The lowest BCUT2D eigenvalue weighted by Crippen LogP contribution is -2.62. The maximum absolute atomic E-state index is 15.7. The average molecular weight is 1890 g/mol. The van der Waals surface area contributed by atoms with E-state index in [-0.39, 0.29) is 83.0 Å². The van der Waals surface area contributed by atoms with Crippen LogP contribution < -0.4 is 81.4 Å². The Labute approximate surface area is 778 Å². The zero-order valence-electron chi connectivity index (χ0n) is 76.4. The summed E-state index contributed by atoms with van der Waals surface area (Å²) in [6, 6.07) is -3.18. The van der Waals surface area contributed by atoms with E-state index >= 15 is 33.6 Å². The molecule has 730 valence electrons. The number of primary amides is 3. The number of carbonyl (C=O) groups is 18. The zero-order valence-corrected chi connectivity index (χ0v) is 77.3. The number of para-hydroxylation sites is 2. The van der Waals surface area contributed by atoms with Crippen LogP contribution >= 0.6 is 11.8 Å². The number of likely N-dealkylation sites (N-methyl/N-ethyl adjacent to an activating group) is 3. The van der Waals surface area contributed by atoms with Crippen molar-refractivity contribution in [1.82, 2.24) is 93.0 Å². The quantitative estimate of drug-likeness (QED) is 0.0142. The Bertz CT molecular complexity index is 5070. The second-order valence-electron chi connectivity index (χ2n) is 34.4. The Hall–Kier alpha value is -13.5. The summed E-state index contributed by atoms with van der Waals surface area (Å²) in [4.78, 5) is 273. The van der Waals surface area contributed by atoms with E-state index < -0.39 is 259 Å². The van der Waals surface area contributed by atoms with Crippen molar-refractivity contribution in [3.63, 3.8) is 0 Å². The number of H-pyrrole nitrogens is 2. The Morgan fingerprint density at radius 2 is 1.03 bits per heavy atom. The number of unbranched alkanes of at least 4 members (excludes halogenated alkanes) is 2. The number of phenolic OH excluding ortho intramolecular Hbond substituents is 1. The fraction of sp³-hybridized carbons (Fsp3) is 0.539. The monoisotopic (exact) mass is 1890 g/mol. The van der Waals surface area contributed by atoms with Crippen LogP contribution in [0.15, 0.2) is 85.2 Å². The number of aromatic nitrogens is 2. The molecule has 0 saturated carbocycles. The maximum Gasteiger partial charge on any atom is 0.246 e. The first-order valence-electron chi connectivity index (χ1n) is 44.7. The van der Waals surface area contributed by atoms with Gasteiger partial charge in [0.05, 0.1) is 37.9 Å². The number of phenols is 1. The summed E-state index contributed by atoms with van der Waals surface area (Å²) in [6.07, 6.45) is -0.128. The molecule has 5 heterocycles. The molecule has 0 radical (unpaired) electrons. The molecule has 5 aromatic rings. The molecular weight excluding hydrogens is 1760 g/mol. The van der Waals surface area contributed by atoms with Crippen LogP contribution in [0.3, 0.4) is 0 Å². The SMILES string of the molecule is CCCC[C@H]1C(=O)N(C)[C@@H](CCCC)C(=O)N[C@@H](CCCNC(=N)N)C(=O)NC(C(=O)NCC(N)=O)CSCC(=O)N[C@@H](Cc2ccc(O)cc2)C(=O)N(C)[C@@H](C)C(=O)N[C@@H](CC(N)=O)C(=O)N2CCC[C@H]2C(=O)N[C@@H](CC(N)=O)C(=O)N[C@@H](CC(C)C)C(=O)N2C[C@H](O)C[C@H]2C(=O)N[C@@H](Cc2c[nH]c3ccccc23)C(=O)N[C@@H](CO)C(=O)N[C@@H](Cc2c[nH]c3ccccc23)C(=O)N1C. The molecule has 15 atom stereocenters. The fourth-order valence-corrected chi connectivity index (χ4v) is 17.2. The van der Waals surface area contributed by atoms with Crippen molar-refractivity contribution in [3.05, 3.63) is 102 Å². The third-order valence-electron chi connectivity index (χ3n) is 23.7. The molecule has 0 aliphatic carbocycles. The minimum absolute atomic E-state index is 0.0216. The van der Waals surface area contributed by atoms with Gasteiger partial charge in [0.1, 0.15) is 90.3 Å². The summed E-state index contributed by atoms with van der Waals surface area (Å²) in [6.45, 7) is 5.71. The summed E-state index contributed by atoms with van der Waals surface area (Å²) in [5.74, 6) is -20.1. The van der Waals surface area contributed by atoms with E-state index in [1.165, 1.54) is 52.3 Å². The Balaban J connectivity index is 1.20. The van der Waals surface area contributed by atoms with Gasteiger partial charge < -0.3 is 131 Å². The highest BCUT2D eigenvalue weighted by Gasteiger charge is 2.47. The number of nitrogens with zero attached hydrogens (tertiary/aromatic N) is 5. The first kappa shape index (κ1) is 106. The molecule has 2 aromatic heterocycles. The van der Waals surface area contributed by atoms with Crippen LogP contribution in [0.5, 0.6) is 5.75 Å². The number of fused-ring (bicyclic) bond motifs is 4. The van der Waals surface area contributed by atoms with E-state index in [4.69, 9.17) is 28.3 Å². The Kier molecular flexibility index (Phi) is 39.8. The highest BCUT2D eigenvalue weighted by molar-refractivity contribution is 8.00. The molecule has 0 spiro atoms. The van der Waals surface area contributed by atoms with Gasteiger partial charge in [-0.15, -0.1) is 11.8 Å². The molecule has 0 bridgehead atoms. The van der Waals surface area contributed by atoms with Gasteiger partial charge in [-0.05, 0) is 98.7 Å². The number of carbonyl (C=O) groups excluding carboxylic acids is 18. The van der Waals surface area contributed by atoms with Crippen molar-refractivity contribution in [1.29, 1.82) is 5.41 Å². The van der Waals surface area contributed by atoms with Gasteiger partial charge in [-0.3, -0.25) is 91.7 Å². The lowest BCUT2D eigenvalue weighted by atomic mass is 10.00. The molecule has 1 unspecified atom stereocenters. The molecule has 3 aliphatic heterocycles. The van der Waals surface area contributed by atoms with Gasteiger partial charge in [0.25, 0.3) is 0 Å². The topological polar surface area (TPSA) is 676 Å². The van der Waals surface area contributed by atoms with Crippen LogP contribution in [-0.4, -0.2) is 318 Å². The average Bonchev–Trinajstić information content (AvgIpc) is 1.27. The molecule has 3 aliphatic rings. The predicted molar refractivity (Wildman–Crippen MR) is 491 cm³/mol. The molecule has 134 heavy (non-hydrogen) atoms. The van der Waals surface area contributed by atoms with Gasteiger partial charge in [-0.1, -0.05) is 102 Å². The molecular formula is C89H127N23O21S. The van der Waals surface area contributed by atoms with E-state index in [0.717, 1.165) is 36.3 Å². The minimum Gasteiger partial charge on any atom is -0.508 e. The molecule has 45 heteroatoms. The third kappa shape index (κ3) is 29.8. The van der Waals surface area contributed by atoms with Crippen molar-refractivity contribution in [2.24, 2.45) is 28.9 Å². The number of amides is 18. The van der Waals surface area contributed by atoms with Crippen molar-refractivity contribution < 1.29 is 102 Å². The first-order chi connectivity index (χ1) is 63.6. The van der Waals surface area contributed by atoms with E-state index in [9.17, 15) is 68.1 Å². The lowest BCUT2D eigenvalue weighted by Gasteiger charge is -2.36. The summed E-state index contributed by atoms with van der Waals surface area (Å²) in [5.41, 5.74) is 25.0. The molecule has 3 saturated heterocycles. The van der Waals surface area contributed by atoms with Gasteiger partial charge in [0.2, 0.25) is 106 Å². The van der Waals surface area contributed by atoms with Crippen molar-refractivity contribution in [2.75, 3.05) is 65.4 Å². The van der Waals surface area contributed by atoms with Crippen LogP contribution in [0.4, 0.5) is 0 Å². The van der Waals surface area contributed by atoms with Gasteiger partial charge in [0, 0.05) is 106 Å². The van der Waals surface area contributed by atoms with Gasteiger partial charge >= 0.3 is 0 Å². The number of hydrogen-bond acceptors (Lipinski definition) is 23. The normalized spacial score (nSPS) is 24.8. The highest BCUT2D eigenvalue weighted by atomic mass is 32.2. The smallest absolute Gasteiger partial charge is 0.246 e. The molecule has 3 aromatic carbocycles. The summed E-state index contributed by atoms with van der Waals surface area (Å²) in [7, 11) is 3.85. The fourth-order valence-electron chi connectivity index (χ4n) is 16.4. The summed E-state index contributed by atoms with van der Waals surface area (Å²) >= 11 is 0.747. The van der Waals surface area contributed by atoms with Crippen molar-refractivity contribution >= 4 is 146 Å². The highest BCUT2D eigenvalue weighted by Crippen LogP contribution is 2.28. The van der Waals surface area contributed by atoms with Crippen LogP contribution in [0.25, 0.3) is 21.8 Å². The van der Waals surface area contributed by atoms with Gasteiger partial charge in [-0.2, -0.15) is 0 Å². The number of nitrogens with two attached hydrogens (primary N) is 4. The zero-order chi connectivity index (χ0) is 98.5. The number of aliphatic hydroxyl groups is 2. The van der Waals surface area contributed by atoms with E-state index in [1.807, 2.05) is 13.8 Å². The summed E-state index contributed by atoms with van der Waals surface area (Å²) < 4.78 is 0. The van der Waals surface area contributed by atoms with Crippen LogP contribution in [-0.2, 0) is 106 Å². The van der Waals surface area contributed by atoms with Crippen LogP contribution in [0, 0.1) is 11.3 Å². The van der Waals surface area contributed by atoms with E-state index in [2.05, 4.69) is 68.5 Å². The van der Waals surface area contributed by atoms with Gasteiger partial charge in [0.15, 0.2) is 5.96 Å². The largest absolute Gasteiger partial charge is 0.508 e. The van der Waals surface area contributed by atoms with Gasteiger partial charge in [-0.25, -0.2) is 0 Å². The lowest BCUT2D eigenvalue weighted by molar-refractivity contribution is -0.149. The maximum atomic E-state index is 15.7. The number of guanidine groups is 1. The molecule has 18 amide bonds. The predicted octanol–water partition coefficient (Wildman–Crippen LogP) is -4.02. The Morgan fingerprint density at radius 1 is 0.522 bits per heavy atom. The van der Waals surface area contributed by atoms with Crippen molar-refractivity contribution in [2.45, 2.75) is 234 Å². The number of benzene rings is 3. The minimum atomic E-state index is -1.91. The van der Waals surface area contributed by atoms with Crippen LogP contribution in [0.2, 0.25) is 0 Å². The molecule has 25 N–H and O–H groups in total. The Morgan fingerprint density at radius 3 is 1.63 bits per heavy atom. The number of aromatic hydroxyl groups is 1. The standard InChI is InChI=1S/C89H127N23O21S/c1-9-11-24-67-81(126)100-58(23-17-31-95-89(93)94)77(122)107-66(76(121)98-42-73(92)118)45-134-46-74(119)99-62(34-49-27-29-52(114)30-28-49)84(129)108(6)48(5)75(120)103-64(39-72(91)117)86(131)111-32-18-26-68(111)82(127)102-60(38-71(90)116)79(124)104-61(33-47(3)4)87(132)112-43-53(115)37-70(112)83(128)101-59(35-50-40-96-56-21-15-13-19-54(50)56)78(123)106-65(44-113)80(125)105-63(36-51-41-97-57-22-16-14-20-55(51)57)85(130)110(8)69(25-12-10-2)88(133)109(67)7/h13-16,19-22,27-30,40-41,47-48,53,58-70,96-97,113-115H,9-12,17-18,23-26,31-39,42-46H2,1-8H3,(H2,90,116)(H2,91,117)(H2,92,118)(H,98,121)(H,99,119)(H,100,126)(H,101,128)(H,102,127)(H,103,120)(H,104,124)(H,105,125)(H,106,123)(H,107,122)(H4,93,94,95)/t48-,53+,58-,59-,60-,61-,62-,63-,64-,65-,66?,67-,68-,69-,70-/m0/s1. The number of thioether (sulfide) groups is 1. The van der Waals surface area contributed by atoms with Crippen molar-refractivity contribution in [3.8, 4) is 5.75 Å². The molecule has 3 fully saturated rings. The first-order valence-corrected chi connectivity index (χ1v) is 45.9. The number of aromatic amines is 2. The third-order valence-corrected chi connectivity index (χ3v) is 24.8. The second kappa shape index (κ2) is 50.4. The number of rotatable bonds is 26. The number of aliphatic hydroxyl groups excluding tert-OH is 2.